The molecule has 1 aromatic carbocycles. The van der Waals surface area contributed by atoms with E-state index in [0.717, 1.165) is 29.7 Å². The topological polar surface area (TPSA) is 30.2 Å². The lowest BCUT2D eigenvalue weighted by molar-refractivity contribution is 0.895. The van der Waals surface area contributed by atoms with Crippen molar-refractivity contribution in [3.8, 4) is 11.8 Å². The van der Waals surface area contributed by atoms with Crippen molar-refractivity contribution in [1.82, 2.24) is 14.6 Å². The number of hydrogen-bond acceptors (Lipinski definition) is 2. The molecule has 0 aliphatic heterocycles. The average molecular weight is 261 g/mol. The van der Waals surface area contributed by atoms with Crippen LogP contribution in [0.2, 0.25) is 0 Å². The largest absolute Gasteiger partial charge is 0.234 e. The predicted molar refractivity (Wildman–Crippen MR) is 79.4 cm³/mol. The first-order chi connectivity index (χ1) is 9.81. The highest BCUT2D eigenvalue weighted by Gasteiger charge is 1.97. The molecule has 0 amide bonds. The molecule has 2 heterocycles. The number of rotatable bonds is 2. The summed E-state index contributed by atoms with van der Waals surface area (Å²) < 4.78 is 1.77. The molecule has 20 heavy (non-hydrogen) atoms. The van der Waals surface area contributed by atoms with Gasteiger partial charge in [-0.05, 0) is 30.7 Å². The highest BCUT2D eigenvalue weighted by Crippen LogP contribution is 2.04. The van der Waals surface area contributed by atoms with Crippen LogP contribution in [0.3, 0.4) is 0 Å². The van der Waals surface area contributed by atoms with Crippen molar-refractivity contribution >= 4 is 5.65 Å². The van der Waals surface area contributed by atoms with E-state index >= 15 is 0 Å². The summed E-state index contributed by atoms with van der Waals surface area (Å²) in [6, 6.07) is 12.2. The van der Waals surface area contributed by atoms with Crippen LogP contribution in [-0.4, -0.2) is 14.6 Å². The lowest BCUT2D eigenvalue weighted by Gasteiger charge is -1.97. The van der Waals surface area contributed by atoms with Gasteiger partial charge in [-0.2, -0.15) is 5.10 Å². The third-order valence-corrected chi connectivity index (χ3v) is 3.07. The number of nitrogens with zero attached hydrogens (tertiary/aromatic N) is 3. The Labute approximate surface area is 118 Å². The summed E-state index contributed by atoms with van der Waals surface area (Å²) in [6.45, 7) is 2.08. The van der Waals surface area contributed by atoms with Crippen LogP contribution in [0.1, 0.15) is 23.2 Å². The smallest absolute Gasteiger partial charge is 0.155 e. The van der Waals surface area contributed by atoms with Gasteiger partial charge in [-0.3, -0.25) is 0 Å². The molecule has 3 nitrogen and oxygen atoms in total. The summed E-state index contributed by atoms with van der Waals surface area (Å²) in [4.78, 5) is 4.53. The predicted octanol–water partition coefficient (Wildman–Crippen LogP) is 3.02. The number of aromatic nitrogens is 3. The van der Waals surface area contributed by atoms with Crippen molar-refractivity contribution in [3.63, 3.8) is 0 Å². The molecule has 0 spiro atoms. The van der Waals surface area contributed by atoms with Crippen molar-refractivity contribution < 1.29 is 0 Å². The minimum Gasteiger partial charge on any atom is -0.234 e. The minimum absolute atomic E-state index is 0.811. The molecular formula is C17H15N3. The van der Waals surface area contributed by atoms with E-state index < -0.39 is 0 Å². The van der Waals surface area contributed by atoms with Crippen LogP contribution in [-0.2, 0) is 6.42 Å². The van der Waals surface area contributed by atoms with Crippen molar-refractivity contribution in [2.75, 3.05) is 0 Å². The van der Waals surface area contributed by atoms with Crippen LogP contribution in [0.4, 0.5) is 0 Å². The molecule has 3 rings (SSSR count). The quantitative estimate of drug-likeness (QED) is 0.664. The zero-order chi connectivity index (χ0) is 13.8. The number of hydrogen-bond donors (Lipinski definition) is 0. The summed E-state index contributed by atoms with van der Waals surface area (Å²) in [5.74, 6) is 6.40. The van der Waals surface area contributed by atoms with Crippen LogP contribution in [0.15, 0.2) is 48.8 Å². The number of aryl methyl sites for hydroxylation is 2. The van der Waals surface area contributed by atoms with E-state index in [1.165, 1.54) is 5.56 Å². The molecule has 0 atom stereocenters. The Morgan fingerprint density at radius 2 is 2.15 bits per heavy atom. The van der Waals surface area contributed by atoms with Gasteiger partial charge in [0.1, 0.15) is 0 Å². The molecule has 3 heteroatoms. The van der Waals surface area contributed by atoms with Crippen molar-refractivity contribution in [3.05, 3.63) is 65.6 Å². The second kappa shape index (κ2) is 5.58. The highest BCUT2D eigenvalue weighted by molar-refractivity contribution is 5.38. The van der Waals surface area contributed by atoms with Gasteiger partial charge in [0, 0.05) is 36.4 Å². The Kier molecular flexibility index (Phi) is 3.47. The van der Waals surface area contributed by atoms with Crippen molar-refractivity contribution in [1.29, 1.82) is 0 Å². The molecule has 98 valence electrons. The molecule has 0 bridgehead atoms. The second-order valence-corrected chi connectivity index (χ2v) is 4.72. The minimum atomic E-state index is 0.811. The van der Waals surface area contributed by atoms with E-state index in [0.29, 0.717) is 0 Å². The normalized spacial score (nSPS) is 10.2. The van der Waals surface area contributed by atoms with Gasteiger partial charge in [0.05, 0.1) is 6.20 Å². The van der Waals surface area contributed by atoms with Crippen LogP contribution < -0.4 is 0 Å². The molecule has 0 aliphatic rings. The van der Waals surface area contributed by atoms with Crippen LogP contribution in [0.25, 0.3) is 5.65 Å². The monoisotopic (exact) mass is 261 g/mol. The molecule has 3 aromatic rings. The van der Waals surface area contributed by atoms with E-state index in [1.54, 1.807) is 10.7 Å². The molecule has 0 N–H and O–H groups in total. The van der Waals surface area contributed by atoms with Gasteiger partial charge in [-0.15, -0.1) is 0 Å². The maximum absolute atomic E-state index is 4.53. The van der Waals surface area contributed by atoms with Gasteiger partial charge in [-0.1, -0.05) is 24.0 Å². The van der Waals surface area contributed by atoms with E-state index in [-0.39, 0.29) is 0 Å². The van der Waals surface area contributed by atoms with Gasteiger partial charge in [-0.25, -0.2) is 9.50 Å². The van der Waals surface area contributed by atoms with Crippen molar-refractivity contribution in [2.24, 2.45) is 0 Å². The Balaban J connectivity index is 1.65. The Morgan fingerprint density at radius 1 is 1.20 bits per heavy atom. The summed E-state index contributed by atoms with van der Waals surface area (Å²) in [6.07, 6.45) is 5.36. The zero-order valence-electron chi connectivity index (χ0n) is 11.4. The molecule has 0 radical (unpaired) electrons. The van der Waals surface area contributed by atoms with Gasteiger partial charge in [0.2, 0.25) is 0 Å². The lowest BCUT2D eigenvalue weighted by atomic mass is 10.1. The fraction of sp³-hybridized carbons (Fsp3) is 0.176. The average Bonchev–Trinajstić information content (AvgIpc) is 2.91. The maximum Gasteiger partial charge on any atom is 0.155 e. The Bertz CT molecular complexity index is 790. The third kappa shape index (κ3) is 2.86. The Morgan fingerprint density at radius 3 is 3.05 bits per heavy atom. The van der Waals surface area contributed by atoms with Crippen LogP contribution in [0, 0.1) is 18.8 Å². The van der Waals surface area contributed by atoms with E-state index in [4.69, 9.17) is 0 Å². The summed E-state index contributed by atoms with van der Waals surface area (Å²) in [5, 5.41) is 4.13. The SMILES string of the molecule is Cc1cccc(C#CCCc2ccn3nccc3n2)c1. The summed E-state index contributed by atoms with van der Waals surface area (Å²) in [7, 11) is 0. The molecule has 0 saturated carbocycles. The standard InChI is InChI=1S/C17H15N3/c1-14-5-4-7-15(13-14)6-2-3-8-16-10-12-20-17(19-16)9-11-18-20/h4-5,7,9-13H,3,8H2,1H3. The molecular weight excluding hydrogens is 246 g/mol. The zero-order valence-corrected chi connectivity index (χ0v) is 11.4. The Hall–Kier alpha value is -2.60. The maximum atomic E-state index is 4.53. The van der Waals surface area contributed by atoms with Gasteiger partial charge in [0.15, 0.2) is 5.65 Å². The number of benzene rings is 1. The first kappa shape index (κ1) is 12.4. The fourth-order valence-corrected chi connectivity index (χ4v) is 2.07. The summed E-state index contributed by atoms with van der Waals surface area (Å²) in [5.41, 5.74) is 4.25. The fourth-order valence-electron chi connectivity index (χ4n) is 2.07. The van der Waals surface area contributed by atoms with E-state index in [1.807, 2.05) is 30.5 Å². The van der Waals surface area contributed by atoms with Crippen LogP contribution >= 0.6 is 0 Å². The van der Waals surface area contributed by atoms with Crippen molar-refractivity contribution in [2.45, 2.75) is 19.8 Å². The third-order valence-electron chi connectivity index (χ3n) is 3.07. The second-order valence-electron chi connectivity index (χ2n) is 4.72. The van der Waals surface area contributed by atoms with E-state index in [2.05, 4.69) is 41.0 Å². The first-order valence-electron chi connectivity index (χ1n) is 6.66. The van der Waals surface area contributed by atoms with Gasteiger partial charge >= 0.3 is 0 Å². The van der Waals surface area contributed by atoms with Gasteiger partial charge in [0.25, 0.3) is 0 Å². The number of fused-ring (bicyclic) bond motifs is 1. The highest BCUT2D eigenvalue weighted by atomic mass is 15.2. The van der Waals surface area contributed by atoms with E-state index in [9.17, 15) is 0 Å². The first-order valence-corrected chi connectivity index (χ1v) is 6.66. The molecule has 2 aromatic heterocycles. The molecule has 0 unspecified atom stereocenters. The molecule has 0 fully saturated rings. The summed E-state index contributed by atoms with van der Waals surface area (Å²) >= 11 is 0. The van der Waals surface area contributed by atoms with Crippen LogP contribution in [0.5, 0.6) is 0 Å². The lowest BCUT2D eigenvalue weighted by Crippen LogP contribution is -1.94. The van der Waals surface area contributed by atoms with Gasteiger partial charge < -0.3 is 0 Å². The molecule has 0 aliphatic carbocycles. The molecule has 0 saturated heterocycles.